The number of benzene rings is 2. The molecule has 0 bridgehead atoms. The van der Waals surface area contributed by atoms with Crippen molar-refractivity contribution in [2.75, 3.05) is 18.0 Å². The molecule has 0 spiro atoms. The highest BCUT2D eigenvalue weighted by molar-refractivity contribution is 9.10. The summed E-state index contributed by atoms with van der Waals surface area (Å²) in [5.41, 5.74) is 3.78. The Hall–Kier alpha value is -2.67. The Bertz CT molecular complexity index is 1300. The molecule has 0 N–H and O–H groups in total. The van der Waals surface area contributed by atoms with Crippen molar-refractivity contribution < 1.29 is 4.79 Å². The molecule has 4 aromatic rings. The molecule has 1 aliphatic heterocycles. The minimum Gasteiger partial charge on any atom is -0.371 e. The van der Waals surface area contributed by atoms with Crippen molar-refractivity contribution in [3.63, 3.8) is 0 Å². The van der Waals surface area contributed by atoms with E-state index in [0.29, 0.717) is 11.2 Å². The summed E-state index contributed by atoms with van der Waals surface area (Å²) in [5, 5.41) is 0.590. The van der Waals surface area contributed by atoms with Gasteiger partial charge in [0.15, 0.2) is 0 Å². The maximum Gasteiger partial charge on any atom is 0.283 e. The number of hydrogen-bond acceptors (Lipinski definition) is 4. The first-order valence-electron chi connectivity index (χ1n) is 9.38. The average molecular weight is 439 g/mol. The van der Waals surface area contributed by atoms with Crippen LogP contribution in [0.25, 0.3) is 27.7 Å². The molecular weight excluding hydrogens is 420 g/mol. The molecule has 0 saturated carbocycles. The van der Waals surface area contributed by atoms with E-state index in [1.54, 1.807) is 0 Å². The van der Waals surface area contributed by atoms with E-state index >= 15 is 0 Å². The third-order valence-electron chi connectivity index (χ3n) is 5.81. The molecule has 0 unspecified atom stereocenters. The zero-order chi connectivity index (χ0) is 19.4. The number of imidazole rings is 1. The van der Waals surface area contributed by atoms with Gasteiger partial charge in [-0.25, -0.2) is 0 Å². The van der Waals surface area contributed by atoms with Gasteiger partial charge in [0.1, 0.15) is 6.29 Å². The molecule has 142 valence electrons. The topological polar surface area (TPSA) is 59.6 Å². The number of halogens is 1. The number of nitrogens with zero attached hydrogens (tertiary/aromatic N) is 4. The van der Waals surface area contributed by atoms with Gasteiger partial charge in [-0.3, -0.25) is 9.20 Å². The van der Waals surface area contributed by atoms with Gasteiger partial charge in [-0.2, -0.15) is 4.98 Å². The highest BCUT2D eigenvalue weighted by atomic mass is 79.9. The van der Waals surface area contributed by atoms with Gasteiger partial charge < -0.3 is 14.3 Å². The second kappa shape index (κ2) is 6.44. The maximum absolute atomic E-state index is 12.6. The van der Waals surface area contributed by atoms with Gasteiger partial charge in [0.2, 0.25) is 5.78 Å². The van der Waals surface area contributed by atoms with Crippen molar-refractivity contribution in [1.29, 1.82) is 0 Å². The fraction of sp³-hybridized carbons (Fsp3) is 0.286. The Morgan fingerprint density at radius 1 is 1.11 bits per heavy atom. The number of fused-ring (bicyclic) bond motifs is 5. The lowest BCUT2D eigenvalue weighted by atomic mass is 9.98. The van der Waals surface area contributed by atoms with Crippen LogP contribution in [0.1, 0.15) is 12.8 Å². The molecular formula is C21H19BrN4O2. The molecule has 0 aliphatic carbocycles. The Balaban J connectivity index is 1.73. The fourth-order valence-electron chi connectivity index (χ4n) is 4.25. The molecule has 0 atom stereocenters. The SMILES string of the molecule is Cn1c2cc(N3CCC(C=O)CC3)ccc2n2c3cccc(Br)c3c(=O)nc12. The van der Waals surface area contributed by atoms with Gasteiger partial charge in [0, 0.05) is 36.2 Å². The van der Waals surface area contributed by atoms with Crippen LogP contribution in [-0.2, 0) is 11.8 Å². The van der Waals surface area contributed by atoms with E-state index in [9.17, 15) is 9.59 Å². The molecule has 0 amide bonds. The highest BCUT2D eigenvalue weighted by Crippen LogP contribution is 2.30. The van der Waals surface area contributed by atoms with Gasteiger partial charge in [0.25, 0.3) is 5.56 Å². The van der Waals surface area contributed by atoms with Crippen LogP contribution in [0.3, 0.4) is 0 Å². The first-order chi connectivity index (χ1) is 13.6. The molecule has 3 heterocycles. The predicted octanol–water partition coefficient (Wildman–Crippen LogP) is 3.52. The summed E-state index contributed by atoms with van der Waals surface area (Å²) in [7, 11) is 1.94. The lowest BCUT2D eigenvalue weighted by Gasteiger charge is -2.31. The van der Waals surface area contributed by atoms with Crippen LogP contribution in [0.5, 0.6) is 0 Å². The van der Waals surface area contributed by atoms with Crippen LogP contribution in [-0.4, -0.2) is 33.3 Å². The van der Waals surface area contributed by atoms with Crippen molar-refractivity contribution >= 4 is 55.6 Å². The summed E-state index contributed by atoms with van der Waals surface area (Å²) in [6, 6.07) is 12.1. The lowest BCUT2D eigenvalue weighted by molar-refractivity contribution is -0.111. The summed E-state index contributed by atoms with van der Waals surface area (Å²) < 4.78 is 4.77. The van der Waals surface area contributed by atoms with Gasteiger partial charge in [-0.05, 0) is 59.1 Å². The molecule has 0 radical (unpaired) electrons. The molecule has 2 aromatic heterocycles. The van der Waals surface area contributed by atoms with Crippen LogP contribution < -0.4 is 10.5 Å². The van der Waals surface area contributed by atoms with E-state index in [0.717, 1.165) is 58.9 Å². The normalized spacial score (nSPS) is 15.7. The molecule has 1 fully saturated rings. The minimum atomic E-state index is -0.232. The molecule has 5 rings (SSSR count). The molecule has 7 heteroatoms. The summed E-state index contributed by atoms with van der Waals surface area (Å²) in [4.78, 5) is 30.3. The van der Waals surface area contributed by atoms with Crippen molar-refractivity contribution in [2.45, 2.75) is 12.8 Å². The number of piperidine rings is 1. The Kier molecular flexibility index (Phi) is 4.01. The number of anilines is 1. The first-order valence-corrected chi connectivity index (χ1v) is 10.2. The van der Waals surface area contributed by atoms with Crippen molar-refractivity contribution in [1.82, 2.24) is 14.0 Å². The van der Waals surface area contributed by atoms with Crippen LogP contribution >= 0.6 is 15.9 Å². The molecule has 28 heavy (non-hydrogen) atoms. The minimum absolute atomic E-state index is 0.178. The fourth-order valence-corrected chi connectivity index (χ4v) is 4.77. The third kappa shape index (κ3) is 2.49. The Morgan fingerprint density at radius 2 is 1.89 bits per heavy atom. The van der Waals surface area contributed by atoms with E-state index in [4.69, 9.17) is 0 Å². The number of aromatic nitrogens is 3. The smallest absolute Gasteiger partial charge is 0.283 e. The Labute approximate surface area is 169 Å². The van der Waals surface area contributed by atoms with Crippen LogP contribution in [0.2, 0.25) is 0 Å². The zero-order valence-electron chi connectivity index (χ0n) is 15.4. The van der Waals surface area contributed by atoms with Crippen LogP contribution in [0.4, 0.5) is 5.69 Å². The Morgan fingerprint density at radius 3 is 2.64 bits per heavy atom. The molecule has 2 aromatic carbocycles. The first kappa shape index (κ1) is 17.4. The van der Waals surface area contributed by atoms with Crippen molar-refractivity contribution in [3.05, 3.63) is 51.2 Å². The predicted molar refractivity (Wildman–Crippen MR) is 114 cm³/mol. The van der Waals surface area contributed by atoms with Gasteiger partial charge >= 0.3 is 0 Å². The van der Waals surface area contributed by atoms with Crippen molar-refractivity contribution in [3.8, 4) is 0 Å². The number of aryl methyl sites for hydroxylation is 1. The van der Waals surface area contributed by atoms with E-state index in [1.165, 1.54) is 0 Å². The molecule has 1 aliphatic rings. The lowest BCUT2D eigenvalue weighted by Crippen LogP contribution is -2.34. The number of carbonyl (C=O) groups excluding carboxylic acids is 1. The molecule has 1 saturated heterocycles. The van der Waals surface area contributed by atoms with Gasteiger partial charge in [0.05, 0.1) is 21.9 Å². The van der Waals surface area contributed by atoms with Crippen LogP contribution in [0, 0.1) is 5.92 Å². The highest BCUT2D eigenvalue weighted by Gasteiger charge is 2.20. The van der Waals surface area contributed by atoms with E-state index in [2.05, 4.69) is 44.0 Å². The third-order valence-corrected chi connectivity index (χ3v) is 6.47. The quantitative estimate of drug-likeness (QED) is 0.449. The van der Waals surface area contributed by atoms with Gasteiger partial charge in [-0.1, -0.05) is 6.07 Å². The second-order valence-corrected chi connectivity index (χ2v) is 8.23. The average Bonchev–Trinajstić information content (AvgIpc) is 3.00. The van der Waals surface area contributed by atoms with Crippen molar-refractivity contribution in [2.24, 2.45) is 13.0 Å². The monoisotopic (exact) mass is 438 g/mol. The van der Waals surface area contributed by atoms with E-state index in [-0.39, 0.29) is 11.5 Å². The summed E-state index contributed by atoms with van der Waals surface area (Å²) >= 11 is 3.49. The van der Waals surface area contributed by atoms with E-state index < -0.39 is 0 Å². The largest absolute Gasteiger partial charge is 0.371 e. The summed E-state index contributed by atoms with van der Waals surface area (Å²) in [6.45, 7) is 1.76. The second-order valence-electron chi connectivity index (χ2n) is 7.38. The zero-order valence-corrected chi connectivity index (χ0v) is 17.0. The number of carbonyl (C=O) groups is 1. The standard InChI is InChI=1S/C21H19BrN4O2/c1-24-18-11-14(25-9-7-13(12-27)8-10-25)5-6-16(18)26-17-4-2-3-15(22)19(17)20(28)23-21(24)26/h2-6,11-13H,7-10H2,1H3. The number of hydrogen-bond donors (Lipinski definition) is 0. The maximum atomic E-state index is 12.6. The summed E-state index contributed by atoms with van der Waals surface area (Å²) in [5.74, 6) is 0.806. The van der Waals surface area contributed by atoms with E-state index in [1.807, 2.05) is 34.2 Å². The summed E-state index contributed by atoms with van der Waals surface area (Å²) in [6.07, 6.45) is 2.87. The number of aldehydes is 1. The van der Waals surface area contributed by atoms with Crippen LogP contribution in [0.15, 0.2) is 45.7 Å². The van der Waals surface area contributed by atoms with Gasteiger partial charge in [-0.15, -0.1) is 0 Å². The molecule has 6 nitrogen and oxygen atoms in total. The number of rotatable bonds is 2.